The molecule has 0 aliphatic rings. The molecule has 0 N–H and O–H groups in total. The minimum atomic E-state index is -0.559. The third kappa shape index (κ3) is 3.95. The molecule has 1 aromatic rings. The van der Waals surface area contributed by atoms with Crippen LogP contribution in [0.2, 0.25) is 5.02 Å². The van der Waals surface area contributed by atoms with E-state index in [9.17, 15) is 9.18 Å². The predicted molar refractivity (Wildman–Crippen MR) is 76.0 cm³/mol. The van der Waals surface area contributed by atoms with Crippen LogP contribution in [0.1, 0.15) is 30.1 Å². The van der Waals surface area contributed by atoms with Gasteiger partial charge in [-0.2, -0.15) is 0 Å². The number of unbranched alkanes of at least 4 members (excludes halogenated alkanes) is 1. The Morgan fingerprint density at radius 3 is 2.78 bits per heavy atom. The molecule has 0 aromatic heterocycles. The lowest BCUT2D eigenvalue weighted by Crippen LogP contribution is -2.33. The lowest BCUT2D eigenvalue weighted by Gasteiger charge is -2.22. The maximum atomic E-state index is 13.3. The van der Waals surface area contributed by atoms with Gasteiger partial charge in [0.15, 0.2) is 0 Å². The molecule has 2 nitrogen and oxygen atoms in total. The second-order valence-electron chi connectivity index (χ2n) is 3.94. The minimum Gasteiger partial charge on any atom is -0.338 e. The molecule has 1 amide bonds. The zero-order chi connectivity index (χ0) is 13.5. The van der Waals surface area contributed by atoms with Crippen LogP contribution in [0.25, 0.3) is 0 Å². The highest BCUT2D eigenvalue weighted by molar-refractivity contribution is 9.09. The Bertz CT molecular complexity index is 414. The molecule has 100 valence electrons. The van der Waals surface area contributed by atoms with Crippen LogP contribution in [0.3, 0.4) is 0 Å². The highest BCUT2D eigenvalue weighted by Gasteiger charge is 2.19. The Morgan fingerprint density at radius 2 is 2.17 bits per heavy atom. The highest BCUT2D eigenvalue weighted by atomic mass is 79.9. The first-order valence-corrected chi connectivity index (χ1v) is 7.41. The normalized spacial score (nSPS) is 10.4. The number of benzene rings is 1. The van der Waals surface area contributed by atoms with Crippen molar-refractivity contribution in [1.82, 2.24) is 4.90 Å². The number of halogens is 3. The van der Waals surface area contributed by atoms with Crippen molar-refractivity contribution in [2.75, 3.05) is 18.4 Å². The first-order valence-electron chi connectivity index (χ1n) is 5.91. The Morgan fingerprint density at radius 1 is 1.44 bits per heavy atom. The van der Waals surface area contributed by atoms with Gasteiger partial charge in [0, 0.05) is 18.4 Å². The van der Waals surface area contributed by atoms with Crippen LogP contribution in [0, 0.1) is 5.82 Å². The van der Waals surface area contributed by atoms with Crippen molar-refractivity contribution in [3.8, 4) is 0 Å². The zero-order valence-electron chi connectivity index (χ0n) is 10.3. The summed E-state index contributed by atoms with van der Waals surface area (Å²) in [5.41, 5.74) is 0.230. The number of alkyl halides is 1. The van der Waals surface area contributed by atoms with Gasteiger partial charge in [-0.1, -0.05) is 46.9 Å². The zero-order valence-corrected chi connectivity index (χ0v) is 12.6. The molecule has 0 spiro atoms. The van der Waals surface area contributed by atoms with Crippen LogP contribution in [-0.4, -0.2) is 29.2 Å². The molecule has 0 heterocycles. The third-order valence-electron chi connectivity index (χ3n) is 2.61. The number of hydrogen-bond acceptors (Lipinski definition) is 1. The first kappa shape index (κ1) is 15.4. The van der Waals surface area contributed by atoms with Crippen molar-refractivity contribution in [1.29, 1.82) is 0 Å². The Kier molecular flexibility index (Phi) is 6.65. The SMILES string of the molecule is CCCCN(CCBr)C(=O)c1cccc(F)c1Cl. The van der Waals surface area contributed by atoms with E-state index < -0.39 is 5.82 Å². The van der Waals surface area contributed by atoms with Gasteiger partial charge in [0.2, 0.25) is 0 Å². The van der Waals surface area contributed by atoms with E-state index in [1.54, 1.807) is 11.0 Å². The van der Waals surface area contributed by atoms with E-state index in [0.29, 0.717) is 18.4 Å². The van der Waals surface area contributed by atoms with Gasteiger partial charge < -0.3 is 4.90 Å². The standard InChI is InChI=1S/C13H16BrClFNO/c1-2-3-8-17(9-7-14)13(18)10-5-4-6-11(16)12(10)15/h4-6H,2-3,7-9H2,1H3. The fourth-order valence-electron chi connectivity index (χ4n) is 1.61. The Balaban J connectivity index is 2.90. The highest BCUT2D eigenvalue weighted by Crippen LogP contribution is 2.21. The molecule has 0 saturated carbocycles. The van der Waals surface area contributed by atoms with Crippen LogP contribution in [-0.2, 0) is 0 Å². The summed E-state index contributed by atoms with van der Waals surface area (Å²) in [6, 6.07) is 4.31. The number of amides is 1. The fourth-order valence-corrected chi connectivity index (χ4v) is 2.24. The first-order chi connectivity index (χ1) is 8.61. The summed E-state index contributed by atoms with van der Waals surface area (Å²) >= 11 is 9.15. The van der Waals surface area contributed by atoms with Gasteiger partial charge in [-0.15, -0.1) is 0 Å². The van der Waals surface area contributed by atoms with Crippen LogP contribution < -0.4 is 0 Å². The summed E-state index contributed by atoms with van der Waals surface area (Å²) in [6.45, 7) is 3.31. The third-order valence-corrected chi connectivity index (χ3v) is 3.34. The van der Waals surface area contributed by atoms with E-state index in [1.807, 2.05) is 0 Å². The van der Waals surface area contributed by atoms with Crippen molar-refractivity contribution in [2.45, 2.75) is 19.8 Å². The Hall–Kier alpha value is -0.610. The molecule has 1 aromatic carbocycles. The van der Waals surface area contributed by atoms with Crippen LogP contribution >= 0.6 is 27.5 Å². The average Bonchev–Trinajstić information content (AvgIpc) is 2.37. The molecule has 0 atom stereocenters. The van der Waals surface area contributed by atoms with E-state index in [1.165, 1.54) is 12.1 Å². The van der Waals surface area contributed by atoms with Gasteiger partial charge in [-0.3, -0.25) is 4.79 Å². The topological polar surface area (TPSA) is 20.3 Å². The number of hydrogen-bond donors (Lipinski definition) is 0. The molecule has 0 bridgehead atoms. The second-order valence-corrected chi connectivity index (χ2v) is 5.11. The van der Waals surface area contributed by atoms with E-state index in [2.05, 4.69) is 22.9 Å². The molecule has 0 saturated heterocycles. The quantitative estimate of drug-likeness (QED) is 0.716. The van der Waals surface area contributed by atoms with Crippen molar-refractivity contribution in [3.05, 3.63) is 34.6 Å². The summed E-state index contributed by atoms with van der Waals surface area (Å²) in [7, 11) is 0. The van der Waals surface area contributed by atoms with Crippen LogP contribution in [0.15, 0.2) is 18.2 Å². The maximum absolute atomic E-state index is 13.3. The average molecular weight is 337 g/mol. The summed E-state index contributed by atoms with van der Waals surface area (Å²) in [5.74, 6) is -0.774. The van der Waals surface area contributed by atoms with E-state index in [0.717, 1.165) is 12.8 Å². The van der Waals surface area contributed by atoms with Crippen molar-refractivity contribution >= 4 is 33.4 Å². The molecule has 0 radical (unpaired) electrons. The summed E-state index contributed by atoms with van der Waals surface area (Å²) < 4.78 is 13.3. The number of rotatable bonds is 6. The molecule has 1 rings (SSSR count). The summed E-state index contributed by atoms with van der Waals surface area (Å²) in [5, 5.41) is 0.591. The lowest BCUT2D eigenvalue weighted by molar-refractivity contribution is 0.0764. The van der Waals surface area contributed by atoms with Gasteiger partial charge in [-0.25, -0.2) is 4.39 Å². The summed E-state index contributed by atoms with van der Waals surface area (Å²) in [6.07, 6.45) is 1.93. The van der Waals surface area contributed by atoms with Crippen LogP contribution in [0.4, 0.5) is 4.39 Å². The van der Waals surface area contributed by atoms with Gasteiger partial charge in [-0.05, 0) is 18.6 Å². The summed E-state index contributed by atoms with van der Waals surface area (Å²) in [4.78, 5) is 14.0. The van der Waals surface area contributed by atoms with E-state index in [-0.39, 0.29) is 16.5 Å². The molecule has 5 heteroatoms. The van der Waals surface area contributed by atoms with Gasteiger partial charge in [0.1, 0.15) is 5.82 Å². The second kappa shape index (κ2) is 7.74. The van der Waals surface area contributed by atoms with Gasteiger partial charge in [0.25, 0.3) is 5.91 Å². The molecular weight excluding hydrogens is 321 g/mol. The monoisotopic (exact) mass is 335 g/mol. The number of carbonyl (C=O) groups excluding carboxylic acids is 1. The van der Waals surface area contributed by atoms with Gasteiger partial charge in [0.05, 0.1) is 10.6 Å². The van der Waals surface area contributed by atoms with Crippen molar-refractivity contribution < 1.29 is 9.18 Å². The molecule has 0 aliphatic carbocycles. The predicted octanol–water partition coefficient (Wildman–Crippen LogP) is 4.12. The Labute approximate surface area is 120 Å². The largest absolute Gasteiger partial charge is 0.338 e. The molecule has 0 unspecified atom stereocenters. The maximum Gasteiger partial charge on any atom is 0.255 e. The minimum absolute atomic E-state index is 0.0985. The molecule has 0 aliphatic heterocycles. The molecule has 18 heavy (non-hydrogen) atoms. The van der Waals surface area contributed by atoms with Crippen molar-refractivity contribution in [3.63, 3.8) is 0 Å². The van der Waals surface area contributed by atoms with Crippen molar-refractivity contribution in [2.24, 2.45) is 0 Å². The number of carbonyl (C=O) groups is 1. The van der Waals surface area contributed by atoms with Gasteiger partial charge >= 0.3 is 0 Å². The fraction of sp³-hybridized carbons (Fsp3) is 0.462. The lowest BCUT2D eigenvalue weighted by atomic mass is 10.2. The van der Waals surface area contributed by atoms with Crippen LogP contribution in [0.5, 0.6) is 0 Å². The van der Waals surface area contributed by atoms with E-state index in [4.69, 9.17) is 11.6 Å². The molecular formula is C13H16BrClFNO. The molecule has 0 fully saturated rings. The number of nitrogens with zero attached hydrogens (tertiary/aromatic N) is 1. The van der Waals surface area contributed by atoms with E-state index >= 15 is 0 Å². The smallest absolute Gasteiger partial charge is 0.255 e.